The summed E-state index contributed by atoms with van der Waals surface area (Å²) in [6.07, 6.45) is 1.59. The van der Waals surface area contributed by atoms with Crippen molar-refractivity contribution in [3.8, 4) is 5.75 Å². The van der Waals surface area contributed by atoms with Gasteiger partial charge in [-0.15, -0.1) is 11.3 Å². The third kappa shape index (κ3) is 4.77. The van der Waals surface area contributed by atoms with E-state index in [9.17, 15) is 14.4 Å². The van der Waals surface area contributed by atoms with Gasteiger partial charge in [-0.3, -0.25) is 19.7 Å². The van der Waals surface area contributed by atoms with E-state index in [-0.39, 0.29) is 11.8 Å². The molecule has 136 valence electrons. The summed E-state index contributed by atoms with van der Waals surface area (Å²) < 4.78 is 4.94. The Kier molecular flexibility index (Phi) is 5.58. The quantitative estimate of drug-likeness (QED) is 0.520. The Morgan fingerprint density at radius 2 is 1.70 bits per heavy atom. The van der Waals surface area contributed by atoms with Gasteiger partial charge in [0, 0.05) is 24.1 Å². The molecule has 0 radical (unpaired) electrons. The summed E-state index contributed by atoms with van der Waals surface area (Å²) >= 11 is 1.30. The van der Waals surface area contributed by atoms with Gasteiger partial charge in [-0.05, 0) is 36.4 Å². The fourth-order valence-electron chi connectivity index (χ4n) is 2.27. The van der Waals surface area contributed by atoms with Crippen molar-refractivity contribution in [2.45, 2.75) is 6.92 Å². The van der Waals surface area contributed by atoms with Crippen LogP contribution in [0.2, 0.25) is 0 Å². The summed E-state index contributed by atoms with van der Waals surface area (Å²) in [5.41, 5.74) is 1.05. The number of anilines is 2. The van der Waals surface area contributed by atoms with Crippen LogP contribution in [-0.4, -0.2) is 22.8 Å². The monoisotopic (exact) mass is 381 g/mol. The van der Waals surface area contributed by atoms with Crippen molar-refractivity contribution in [3.05, 3.63) is 71.2 Å². The van der Waals surface area contributed by atoms with E-state index >= 15 is 0 Å². The molecule has 27 heavy (non-hydrogen) atoms. The first-order chi connectivity index (χ1) is 13.0. The number of nitrogens with one attached hydrogen (secondary N) is 2. The molecule has 0 fully saturated rings. The van der Waals surface area contributed by atoms with E-state index < -0.39 is 5.97 Å². The Labute approximate surface area is 159 Å². The van der Waals surface area contributed by atoms with Crippen molar-refractivity contribution >= 4 is 39.9 Å². The van der Waals surface area contributed by atoms with Crippen LogP contribution in [0.1, 0.15) is 27.6 Å². The summed E-state index contributed by atoms with van der Waals surface area (Å²) in [7, 11) is 0. The Hall–Kier alpha value is -3.52. The largest absolute Gasteiger partial charge is 0.427 e. The summed E-state index contributed by atoms with van der Waals surface area (Å²) in [5.74, 6) is -0.848. The molecule has 0 aliphatic heterocycles. The summed E-state index contributed by atoms with van der Waals surface area (Å²) in [4.78, 5) is 39.9. The number of carbonyl (C=O) groups excluding carboxylic acids is 3. The molecular weight excluding hydrogens is 366 g/mol. The first-order valence-electron chi connectivity index (χ1n) is 7.92. The van der Waals surface area contributed by atoms with Gasteiger partial charge in [-0.25, -0.2) is 4.98 Å². The standard InChI is InChI=1S/C19H15N3O4S/c1-12(23)26-14-8-6-13(7-9-14)17(24)21-16-5-3-2-4-15(16)18(25)22-19-20-10-11-27-19/h2-11H,1H3,(H,21,24)(H,20,22,25). The number of hydrogen-bond donors (Lipinski definition) is 2. The third-order valence-electron chi connectivity index (χ3n) is 3.45. The molecule has 8 heteroatoms. The lowest BCUT2D eigenvalue weighted by Gasteiger charge is -2.11. The summed E-state index contributed by atoms with van der Waals surface area (Å²) in [6, 6.07) is 12.8. The van der Waals surface area contributed by atoms with E-state index in [0.717, 1.165) is 0 Å². The van der Waals surface area contributed by atoms with Gasteiger partial charge < -0.3 is 10.1 Å². The SMILES string of the molecule is CC(=O)Oc1ccc(C(=O)Nc2ccccc2C(=O)Nc2nccs2)cc1. The number of para-hydroxylation sites is 1. The minimum atomic E-state index is -0.438. The van der Waals surface area contributed by atoms with Gasteiger partial charge in [0.25, 0.3) is 11.8 Å². The number of benzene rings is 2. The van der Waals surface area contributed by atoms with Gasteiger partial charge in [0.05, 0.1) is 11.3 Å². The zero-order valence-electron chi connectivity index (χ0n) is 14.3. The normalized spacial score (nSPS) is 10.1. The second-order valence-electron chi connectivity index (χ2n) is 5.41. The number of thiazole rings is 1. The molecule has 0 aliphatic rings. The number of hydrogen-bond acceptors (Lipinski definition) is 6. The highest BCUT2D eigenvalue weighted by molar-refractivity contribution is 7.13. The topological polar surface area (TPSA) is 97.4 Å². The highest BCUT2D eigenvalue weighted by Crippen LogP contribution is 2.20. The summed E-state index contributed by atoms with van der Waals surface area (Å²) in [6.45, 7) is 1.30. The number of carbonyl (C=O) groups is 3. The predicted octanol–water partition coefficient (Wildman–Crippen LogP) is 3.57. The number of rotatable bonds is 5. The number of nitrogens with zero attached hydrogens (tertiary/aromatic N) is 1. The lowest BCUT2D eigenvalue weighted by Crippen LogP contribution is -2.18. The Morgan fingerprint density at radius 3 is 2.37 bits per heavy atom. The van der Waals surface area contributed by atoms with Gasteiger partial charge in [0.1, 0.15) is 5.75 Å². The maximum absolute atomic E-state index is 12.5. The van der Waals surface area contributed by atoms with E-state index in [1.54, 1.807) is 35.8 Å². The minimum Gasteiger partial charge on any atom is -0.427 e. The molecule has 0 saturated carbocycles. The molecule has 7 nitrogen and oxygen atoms in total. The van der Waals surface area contributed by atoms with Crippen molar-refractivity contribution in [1.82, 2.24) is 4.98 Å². The van der Waals surface area contributed by atoms with Crippen molar-refractivity contribution in [2.24, 2.45) is 0 Å². The molecule has 1 heterocycles. The molecule has 0 spiro atoms. The van der Waals surface area contributed by atoms with Crippen LogP contribution < -0.4 is 15.4 Å². The molecule has 0 bridgehead atoms. The highest BCUT2D eigenvalue weighted by Gasteiger charge is 2.15. The lowest BCUT2D eigenvalue weighted by molar-refractivity contribution is -0.131. The fourth-order valence-corrected chi connectivity index (χ4v) is 2.80. The van der Waals surface area contributed by atoms with E-state index in [0.29, 0.717) is 27.7 Å². The number of esters is 1. The van der Waals surface area contributed by atoms with Crippen LogP contribution in [0.4, 0.5) is 10.8 Å². The van der Waals surface area contributed by atoms with E-state index in [1.165, 1.54) is 42.5 Å². The third-order valence-corrected chi connectivity index (χ3v) is 4.14. The minimum absolute atomic E-state index is 0.317. The molecule has 2 amide bonds. The maximum Gasteiger partial charge on any atom is 0.308 e. The zero-order valence-corrected chi connectivity index (χ0v) is 15.1. The summed E-state index contributed by atoms with van der Waals surface area (Å²) in [5, 5.41) is 7.64. The Morgan fingerprint density at radius 1 is 0.963 bits per heavy atom. The lowest BCUT2D eigenvalue weighted by atomic mass is 10.1. The van der Waals surface area contributed by atoms with Crippen molar-refractivity contribution in [2.75, 3.05) is 10.6 Å². The van der Waals surface area contributed by atoms with Crippen LogP contribution in [-0.2, 0) is 4.79 Å². The number of aromatic nitrogens is 1. The molecule has 2 N–H and O–H groups in total. The Balaban J connectivity index is 1.74. The van der Waals surface area contributed by atoms with Crippen LogP contribution >= 0.6 is 11.3 Å². The second kappa shape index (κ2) is 8.24. The first kappa shape index (κ1) is 18.3. The van der Waals surface area contributed by atoms with Crippen LogP contribution in [0, 0.1) is 0 Å². The van der Waals surface area contributed by atoms with E-state index in [1.807, 2.05) is 0 Å². The molecule has 3 rings (SSSR count). The molecule has 1 aromatic heterocycles. The van der Waals surface area contributed by atoms with Crippen LogP contribution in [0.25, 0.3) is 0 Å². The van der Waals surface area contributed by atoms with Gasteiger partial charge in [0.15, 0.2) is 5.13 Å². The van der Waals surface area contributed by atoms with Crippen molar-refractivity contribution in [1.29, 1.82) is 0 Å². The predicted molar refractivity (Wildman–Crippen MR) is 102 cm³/mol. The smallest absolute Gasteiger partial charge is 0.308 e. The van der Waals surface area contributed by atoms with Gasteiger partial charge in [-0.2, -0.15) is 0 Å². The van der Waals surface area contributed by atoms with Gasteiger partial charge in [-0.1, -0.05) is 12.1 Å². The average Bonchev–Trinajstić information content (AvgIpc) is 3.15. The molecule has 3 aromatic rings. The van der Waals surface area contributed by atoms with Gasteiger partial charge in [0.2, 0.25) is 0 Å². The second-order valence-corrected chi connectivity index (χ2v) is 6.30. The van der Waals surface area contributed by atoms with Crippen LogP contribution in [0.5, 0.6) is 5.75 Å². The molecular formula is C19H15N3O4S. The average molecular weight is 381 g/mol. The van der Waals surface area contributed by atoms with Crippen molar-refractivity contribution < 1.29 is 19.1 Å². The fraction of sp³-hybridized carbons (Fsp3) is 0.0526. The molecule has 2 aromatic carbocycles. The molecule has 0 aliphatic carbocycles. The van der Waals surface area contributed by atoms with Crippen LogP contribution in [0.3, 0.4) is 0 Å². The Bertz CT molecular complexity index is 969. The first-order valence-corrected chi connectivity index (χ1v) is 8.80. The number of amides is 2. The van der Waals surface area contributed by atoms with Crippen molar-refractivity contribution in [3.63, 3.8) is 0 Å². The van der Waals surface area contributed by atoms with E-state index in [2.05, 4.69) is 15.6 Å². The van der Waals surface area contributed by atoms with E-state index in [4.69, 9.17) is 4.74 Å². The number of ether oxygens (including phenoxy) is 1. The van der Waals surface area contributed by atoms with Gasteiger partial charge >= 0.3 is 5.97 Å². The maximum atomic E-state index is 12.5. The molecule has 0 atom stereocenters. The molecule has 0 saturated heterocycles. The zero-order chi connectivity index (χ0) is 19.2. The van der Waals surface area contributed by atoms with Crippen LogP contribution in [0.15, 0.2) is 60.1 Å². The molecule has 0 unspecified atom stereocenters. The highest BCUT2D eigenvalue weighted by atomic mass is 32.1.